The lowest BCUT2D eigenvalue weighted by atomic mass is 10.2. The lowest BCUT2D eigenvalue weighted by molar-refractivity contribution is -0.118. The summed E-state index contributed by atoms with van der Waals surface area (Å²) in [6.07, 6.45) is 3.03. The van der Waals surface area contributed by atoms with Crippen LogP contribution in [-0.2, 0) is 18.9 Å². The second-order valence-corrected chi connectivity index (χ2v) is 7.94. The molecule has 0 aliphatic rings. The lowest BCUT2D eigenvalue weighted by Gasteiger charge is -2.14. The number of carbonyl (C=O) groups excluding carboxylic acids is 1. The third-order valence-electron chi connectivity index (χ3n) is 4.90. The van der Waals surface area contributed by atoms with E-state index in [0.717, 1.165) is 20.8 Å². The normalized spacial score (nSPS) is 12.3. The van der Waals surface area contributed by atoms with E-state index >= 15 is 0 Å². The highest BCUT2D eigenvalue weighted by Crippen LogP contribution is 2.22. The van der Waals surface area contributed by atoms with Crippen LogP contribution >= 0.6 is 11.3 Å². The van der Waals surface area contributed by atoms with Crippen molar-refractivity contribution in [3.8, 4) is 11.3 Å². The van der Waals surface area contributed by atoms with Gasteiger partial charge in [0, 0.05) is 31.2 Å². The first kappa shape index (κ1) is 19.7. The molecule has 0 saturated heterocycles. The topological polar surface area (TPSA) is 117 Å². The van der Waals surface area contributed by atoms with Crippen LogP contribution in [0.3, 0.4) is 0 Å². The van der Waals surface area contributed by atoms with Crippen molar-refractivity contribution < 1.29 is 4.79 Å². The fourth-order valence-electron chi connectivity index (χ4n) is 3.13. The zero-order chi connectivity index (χ0) is 21.6. The van der Waals surface area contributed by atoms with Gasteiger partial charge in [0.2, 0.25) is 5.91 Å². The van der Waals surface area contributed by atoms with Crippen LogP contribution in [0.25, 0.3) is 22.4 Å². The minimum Gasteiger partial charge on any atom is -0.312 e. The summed E-state index contributed by atoms with van der Waals surface area (Å²) in [7, 11) is 2.92. The molecule has 4 heterocycles. The fraction of sp³-hybridized carbons (Fsp3) is 0.263. The van der Waals surface area contributed by atoms with Crippen molar-refractivity contribution in [3.63, 3.8) is 0 Å². The molecule has 0 unspecified atom stereocenters. The molecule has 1 N–H and O–H groups in total. The molecule has 0 spiro atoms. The molecule has 0 saturated carbocycles. The number of nitrogens with zero attached hydrogens (tertiary/aromatic N) is 6. The molecule has 1 amide bonds. The molecule has 0 radical (unpaired) electrons. The SMILES string of the molecule is Cc1nc(-c2ccc(NC(=O)[C@H](C)n3cnc4c3c(=O)n(C)c(=O)n4C)nc2)cs1. The number of imidazole rings is 1. The number of amides is 1. The number of aryl methyl sites for hydroxylation is 2. The Morgan fingerprint density at radius 1 is 1.17 bits per heavy atom. The van der Waals surface area contributed by atoms with Gasteiger partial charge in [-0.1, -0.05) is 0 Å². The maximum absolute atomic E-state index is 12.8. The van der Waals surface area contributed by atoms with Gasteiger partial charge in [-0.15, -0.1) is 11.3 Å². The van der Waals surface area contributed by atoms with E-state index in [1.54, 1.807) is 30.5 Å². The second kappa shape index (κ2) is 7.34. The summed E-state index contributed by atoms with van der Waals surface area (Å²) in [5.41, 5.74) is 1.12. The molecule has 0 aromatic carbocycles. The van der Waals surface area contributed by atoms with E-state index in [1.165, 1.54) is 29.6 Å². The molecule has 11 heteroatoms. The predicted octanol–water partition coefficient (Wildman–Crippen LogP) is 1.46. The zero-order valence-electron chi connectivity index (χ0n) is 16.8. The molecule has 154 valence electrons. The van der Waals surface area contributed by atoms with Crippen LogP contribution in [0.1, 0.15) is 18.0 Å². The molecule has 10 nitrogen and oxygen atoms in total. The molecular weight excluding hydrogens is 406 g/mol. The summed E-state index contributed by atoms with van der Waals surface area (Å²) in [6.45, 7) is 3.58. The Kier molecular flexibility index (Phi) is 4.82. The van der Waals surface area contributed by atoms with Crippen LogP contribution in [0.2, 0.25) is 0 Å². The Hall–Kier alpha value is -3.60. The lowest BCUT2D eigenvalue weighted by Crippen LogP contribution is -2.38. The van der Waals surface area contributed by atoms with Gasteiger partial charge in [0.1, 0.15) is 11.9 Å². The molecule has 0 aliphatic carbocycles. The number of hydrogen-bond donors (Lipinski definition) is 1. The minimum absolute atomic E-state index is 0.185. The van der Waals surface area contributed by atoms with Crippen molar-refractivity contribution in [2.45, 2.75) is 19.9 Å². The average molecular weight is 425 g/mol. The Labute approximate surface area is 174 Å². The molecule has 0 bridgehead atoms. The zero-order valence-corrected chi connectivity index (χ0v) is 17.6. The largest absolute Gasteiger partial charge is 0.332 e. The number of anilines is 1. The number of aromatic nitrogens is 6. The number of rotatable bonds is 4. The first-order chi connectivity index (χ1) is 14.3. The number of nitrogens with one attached hydrogen (secondary N) is 1. The van der Waals surface area contributed by atoms with Gasteiger partial charge in [0.25, 0.3) is 5.56 Å². The average Bonchev–Trinajstić information content (AvgIpc) is 3.37. The molecule has 4 aromatic rings. The Balaban J connectivity index is 1.60. The number of hydrogen-bond acceptors (Lipinski definition) is 7. The van der Waals surface area contributed by atoms with Gasteiger partial charge in [-0.3, -0.25) is 18.7 Å². The van der Waals surface area contributed by atoms with E-state index < -0.39 is 17.3 Å². The molecule has 1 atom stereocenters. The fourth-order valence-corrected chi connectivity index (χ4v) is 3.75. The van der Waals surface area contributed by atoms with Crippen molar-refractivity contribution in [1.82, 2.24) is 28.7 Å². The first-order valence-electron chi connectivity index (χ1n) is 9.10. The third-order valence-corrected chi connectivity index (χ3v) is 5.67. The standard InChI is InChI=1S/C19H19N7O3S/c1-10(26-9-21-16-15(26)18(28)25(4)19(29)24(16)3)17(27)23-14-6-5-12(7-20-14)13-8-30-11(2)22-13/h5-10H,1-4H3,(H,20,23,27)/t10-/m0/s1. The van der Waals surface area contributed by atoms with Crippen LogP contribution < -0.4 is 16.6 Å². The minimum atomic E-state index is -0.747. The highest BCUT2D eigenvalue weighted by atomic mass is 32.1. The van der Waals surface area contributed by atoms with Crippen LogP contribution in [0, 0.1) is 6.92 Å². The quantitative estimate of drug-likeness (QED) is 0.529. The van der Waals surface area contributed by atoms with Crippen LogP contribution in [-0.4, -0.2) is 34.6 Å². The van der Waals surface area contributed by atoms with Gasteiger partial charge in [-0.05, 0) is 26.0 Å². The molecule has 0 fully saturated rings. The summed E-state index contributed by atoms with van der Waals surface area (Å²) in [5, 5.41) is 5.66. The van der Waals surface area contributed by atoms with Gasteiger partial charge in [0.15, 0.2) is 11.2 Å². The summed E-state index contributed by atoms with van der Waals surface area (Å²) in [4.78, 5) is 50.3. The first-order valence-corrected chi connectivity index (χ1v) is 9.98. The monoisotopic (exact) mass is 425 g/mol. The van der Waals surface area contributed by atoms with Gasteiger partial charge < -0.3 is 9.88 Å². The molecule has 30 heavy (non-hydrogen) atoms. The molecular formula is C19H19N7O3S. The van der Waals surface area contributed by atoms with E-state index in [0.29, 0.717) is 5.82 Å². The van der Waals surface area contributed by atoms with Crippen LogP contribution in [0.5, 0.6) is 0 Å². The molecule has 4 aromatic heterocycles. The summed E-state index contributed by atoms with van der Waals surface area (Å²) in [5.74, 6) is 0.0160. The second-order valence-electron chi connectivity index (χ2n) is 6.88. The molecule has 4 rings (SSSR count). The van der Waals surface area contributed by atoms with Gasteiger partial charge in [0.05, 0.1) is 17.0 Å². The van der Waals surface area contributed by atoms with Crippen LogP contribution in [0.15, 0.2) is 39.6 Å². The van der Waals surface area contributed by atoms with Gasteiger partial charge >= 0.3 is 5.69 Å². The Bertz CT molecular complexity index is 1380. The van der Waals surface area contributed by atoms with E-state index in [4.69, 9.17) is 0 Å². The van der Waals surface area contributed by atoms with E-state index in [9.17, 15) is 14.4 Å². The van der Waals surface area contributed by atoms with Crippen molar-refractivity contribution >= 4 is 34.2 Å². The Morgan fingerprint density at radius 2 is 1.93 bits per heavy atom. The van der Waals surface area contributed by atoms with Gasteiger partial charge in [-0.2, -0.15) is 0 Å². The van der Waals surface area contributed by atoms with Crippen molar-refractivity contribution in [2.75, 3.05) is 5.32 Å². The number of thiazole rings is 1. The maximum Gasteiger partial charge on any atom is 0.332 e. The van der Waals surface area contributed by atoms with Crippen molar-refractivity contribution in [2.24, 2.45) is 14.1 Å². The Morgan fingerprint density at radius 3 is 2.57 bits per heavy atom. The summed E-state index contributed by atoms with van der Waals surface area (Å²) >= 11 is 1.56. The number of pyridine rings is 1. The van der Waals surface area contributed by atoms with E-state index in [2.05, 4.69) is 20.3 Å². The summed E-state index contributed by atoms with van der Waals surface area (Å²) in [6, 6.07) is 2.78. The number of fused-ring (bicyclic) bond motifs is 1. The molecule has 0 aliphatic heterocycles. The van der Waals surface area contributed by atoms with Crippen molar-refractivity contribution in [1.29, 1.82) is 0 Å². The van der Waals surface area contributed by atoms with E-state index in [1.807, 2.05) is 18.4 Å². The number of carbonyl (C=O) groups is 1. The maximum atomic E-state index is 12.8. The highest BCUT2D eigenvalue weighted by molar-refractivity contribution is 7.09. The predicted molar refractivity (Wildman–Crippen MR) is 114 cm³/mol. The van der Waals surface area contributed by atoms with E-state index in [-0.39, 0.29) is 17.1 Å². The van der Waals surface area contributed by atoms with Gasteiger partial charge in [-0.25, -0.2) is 19.7 Å². The smallest absolute Gasteiger partial charge is 0.312 e. The van der Waals surface area contributed by atoms with Crippen molar-refractivity contribution in [3.05, 3.63) is 55.9 Å². The highest BCUT2D eigenvalue weighted by Gasteiger charge is 2.22. The third kappa shape index (κ3) is 3.22. The summed E-state index contributed by atoms with van der Waals surface area (Å²) < 4.78 is 3.72. The van der Waals surface area contributed by atoms with Crippen LogP contribution in [0.4, 0.5) is 5.82 Å².